The summed E-state index contributed by atoms with van der Waals surface area (Å²) >= 11 is 0. The van der Waals surface area contributed by atoms with E-state index in [4.69, 9.17) is 4.74 Å². The van der Waals surface area contributed by atoms with Crippen molar-refractivity contribution in [1.29, 1.82) is 0 Å². The molecule has 0 fully saturated rings. The Kier molecular flexibility index (Phi) is 4.85. The van der Waals surface area contributed by atoms with Gasteiger partial charge in [-0.15, -0.1) is 0 Å². The van der Waals surface area contributed by atoms with Crippen molar-refractivity contribution < 1.29 is 14.9 Å². The van der Waals surface area contributed by atoms with Crippen molar-refractivity contribution >= 4 is 0 Å². The normalized spacial score (nSPS) is 10.4. The van der Waals surface area contributed by atoms with E-state index in [0.717, 1.165) is 5.75 Å². The van der Waals surface area contributed by atoms with Gasteiger partial charge in [-0.1, -0.05) is 24.3 Å². The SMILES string of the molecule is Cc1cccc(OCCNCc2cccc(O)c2O)c1. The highest BCUT2D eigenvalue weighted by atomic mass is 16.5. The third-order valence-electron chi connectivity index (χ3n) is 2.95. The highest BCUT2D eigenvalue weighted by molar-refractivity contribution is 5.44. The molecule has 0 saturated carbocycles. The summed E-state index contributed by atoms with van der Waals surface area (Å²) in [6, 6.07) is 12.8. The van der Waals surface area contributed by atoms with Crippen molar-refractivity contribution in [3.8, 4) is 17.2 Å². The second kappa shape index (κ2) is 6.82. The van der Waals surface area contributed by atoms with Crippen molar-refractivity contribution in [2.75, 3.05) is 13.2 Å². The lowest BCUT2D eigenvalue weighted by atomic mass is 10.2. The molecule has 0 unspecified atom stereocenters. The van der Waals surface area contributed by atoms with E-state index in [1.54, 1.807) is 12.1 Å². The maximum atomic E-state index is 9.64. The van der Waals surface area contributed by atoms with Crippen LogP contribution in [-0.2, 0) is 6.54 Å². The number of aryl methyl sites for hydroxylation is 1. The smallest absolute Gasteiger partial charge is 0.161 e. The van der Waals surface area contributed by atoms with Gasteiger partial charge in [0.15, 0.2) is 11.5 Å². The predicted octanol–water partition coefficient (Wildman–Crippen LogP) is 2.57. The van der Waals surface area contributed by atoms with Crippen LogP contribution in [0.4, 0.5) is 0 Å². The lowest BCUT2D eigenvalue weighted by Gasteiger charge is -2.09. The molecule has 0 aromatic heterocycles. The molecular weight excluding hydrogens is 254 g/mol. The van der Waals surface area contributed by atoms with E-state index in [2.05, 4.69) is 5.32 Å². The van der Waals surface area contributed by atoms with Crippen LogP contribution < -0.4 is 10.1 Å². The van der Waals surface area contributed by atoms with Crippen molar-refractivity contribution in [1.82, 2.24) is 5.32 Å². The van der Waals surface area contributed by atoms with Crippen molar-refractivity contribution in [3.05, 3.63) is 53.6 Å². The van der Waals surface area contributed by atoms with Gasteiger partial charge in [0.05, 0.1) is 0 Å². The van der Waals surface area contributed by atoms with Gasteiger partial charge in [-0.25, -0.2) is 0 Å². The van der Waals surface area contributed by atoms with Gasteiger partial charge in [0.1, 0.15) is 12.4 Å². The molecule has 0 saturated heterocycles. The third kappa shape index (κ3) is 3.90. The standard InChI is InChI=1S/C16H19NO3/c1-12-4-2-6-14(10-12)20-9-8-17-11-13-5-3-7-15(18)16(13)19/h2-7,10,17-19H,8-9,11H2,1H3. The second-order valence-corrected chi connectivity index (χ2v) is 4.63. The van der Waals surface area contributed by atoms with Crippen molar-refractivity contribution in [3.63, 3.8) is 0 Å². The fourth-order valence-electron chi connectivity index (χ4n) is 1.89. The number of phenolic OH excluding ortho intramolecular Hbond substituents is 2. The van der Waals surface area contributed by atoms with E-state index >= 15 is 0 Å². The van der Waals surface area contributed by atoms with Crippen LogP contribution in [0, 0.1) is 6.92 Å². The minimum Gasteiger partial charge on any atom is -0.504 e. The van der Waals surface area contributed by atoms with E-state index in [9.17, 15) is 10.2 Å². The Morgan fingerprint density at radius 2 is 1.90 bits per heavy atom. The maximum absolute atomic E-state index is 9.64. The Labute approximate surface area is 118 Å². The van der Waals surface area contributed by atoms with Gasteiger partial charge in [0.2, 0.25) is 0 Å². The van der Waals surface area contributed by atoms with E-state index in [-0.39, 0.29) is 11.5 Å². The summed E-state index contributed by atoms with van der Waals surface area (Å²) in [5, 5.41) is 22.2. The summed E-state index contributed by atoms with van der Waals surface area (Å²) in [5.41, 5.74) is 1.83. The monoisotopic (exact) mass is 273 g/mol. The first-order chi connectivity index (χ1) is 9.66. The van der Waals surface area contributed by atoms with E-state index < -0.39 is 0 Å². The quantitative estimate of drug-likeness (QED) is 0.559. The van der Waals surface area contributed by atoms with Gasteiger partial charge in [-0.05, 0) is 30.7 Å². The highest BCUT2D eigenvalue weighted by Gasteiger charge is 2.04. The van der Waals surface area contributed by atoms with Gasteiger partial charge >= 0.3 is 0 Å². The summed E-state index contributed by atoms with van der Waals surface area (Å²) < 4.78 is 5.60. The number of ether oxygens (including phenoxy) is 1. The molecule has 4 nitrogen and oxygen atoms in total. The summed E-state index contributed by atoms with van der Waals surface area (Å²) in [4.78, 5) is 0. The van der Waals surface area contributed by atoms with Crippen LogP contribution in [0.2, 0.25) is 0 Å². The average Bonchev–Trinajstić information content (AvgIpc) is 2.43. The first-order valence-electron chi connectivity index (χ1n) is 6.57. The number of hydrogen-bond donors (Lipinski definition) is 3. The number of rotatable bonds is 6. The van der Waals surface area contributed by atoms with Crippen LogP contribution in [0.25, 0.3) is 0 Å². The number of para-hydroxylation sites is 1. The zero-order chi connectivity index (χ0) is 14.4. The number of phenols is 2. The molecule has 0 amide bonds. The van der Waals surface area contributed by atoms with Crippen molar-refractivity contribution in [2.45, 2.75) is 13.5 Å². The molecule has 0 spiro atoms. The van der Waals surface area contributed by atoms with Crippen LogP contribution in [0.1, 0.15) is 11.1 Å². The summed E-state index contributed by atoms with van der Waals surface area (Å²) in [6.45, 7) is 3.71. The lowest BCUT2D eigenvalue weighted by Crippen LogP contribution is -2.20. The molecule has 4 heteroatoms. The number of hydrogen-bond acceptors (Lipinski definition) is 4. The molecule has 0 heterocycles. The fraction of sp³-hybridized carbons (Fsp3) is 0.250. The molecule has 0 aliphatic heterocycles. The Hall–Kier alpha value is -2.20. The second-order valence-electron chi connectivity index (χ2n) is 4.63. The van der Waals surface area contributed by atoms with Crippen LogP contribution in [0.5, 0.6) is 17.2 Å². The van der Waals surface area contributed by atoms with E-state index in [1.165, 1.54) is 11.6 Å². The summed E-state index contributed by atoms with van der Waals surface area (Å²) in [6.07, 6.45) is 0. The summed E-state index contributed by atoms with van der Waals surface area (Å²) in [5.74, 6) is 0.687. The molecule has 0 aliphatic carbocycles. The molecule has 0 radical (unpaired) electrons. The molecule has 0 aliphatic rings. The Morgan fingerprint density at radius 1 is 1.10 bits per heavy atom. The number of benzene rings is 2. The third-order valence-corrected chi connectivity index (χ3v) is 2.95. The first kappa shape index (κ1) is 14.2. The lowest BCUT2D eigenvalue weighted by molar-refractivity contribution is 0.312. The number of aromatic hydroxyl groups is 2. The van der Waals surface area contributed by atoms with Crippen LogP contribution in [0.15, 0.2) is 42.5 Å². The maximum Gasteiger partial charge on any atom is 0.161 e. The van der Waals surface area contributed by atoms with Gasteiger partial charge < -0.3 is 20.3 Å². The largest absolute Gasteiger partial charge is 0.504 e. The van der Waals surface area contributed by atoms with E-state index in [0.29, 0.717) is 25.3 Å². The molecule has 3 N–H and O–H groups in total. The predicted molar refractivity (Wildman–Crippen MR) is 78.2 cm³/mol. The van der Waals surface area contributed by atoms with Gasteiger partial charge in [-0.3, -0.25) is 0 Å². The molecule has 2 aromatic carbocycles. The topological polar surface area (TPSA) is 61.7 Å². The molecule has 0 atom stereocenters. The average molecular weight is 273 g/mol. The van der Waals surface area contributed by atoms with Gasteiger partial charge in [0, 0.05) is 18.7 Å². The molecule has 20 heavy (non-hydrogen) atoms. The van der Waals surface area contributed by atoms with Crippen molar-refractivity contribution in [2.24, 2.45) is 0 Å². The molecule has 2 rings (SSSR count). The Morgan fingerprint density at radius 3 is 2.70 bits per heavy atom. The number of nitrogens with one attached hydrogen (secondary N) is 1. The Balaban J connectivity index is 1.73. The molecule has 0 bridgehead atoms. The molecule has 106 valence electrons. The van der Waals surface area contributed by atoms with Crippen LogP contribution in [-0.4, -0.2) is 23.4 Å². The van der Waals surface area contributed by atoms with Gasteiger partial charge in [-0.2, -0.15) is 0 Å². The van der Waals surface area contributed by atoms with Gasteiger partial charge in [0.25, 0.3) is 0 Å². The minimum atomic E-state index is -0.0969. The van der Waals surface area contributed by atoms with E-state index in [1.807, 2.05) is 31.2 Å². The Bertz CT molecular complexity index is 569. The zero-order valence-corrected chi connectivity index (χ0v) is 11.5. The summed E-state index contributed by atoms with van der Waals surface area (Å²) in [7, 11) is 0. The minimum absolute atomic E-state index is 0.0698. The fourth-order valence-corrected chi connectivity index (χ4v) is 1.89. The van der Waals surface area contributed by atoms with Crippen LogP contribution >= 0.6 is 0 Å². The molecule has 2 aromatic rings. The highest BCUT2D eigenvalue weighted by Crippen LogP contribution is 2.27. The first-order valence-corrected chi connectivity index (χ1v) is 6.57. The molecular formula is C16H19NO3. The zero-order valence-electron chi connectivity index (χ0n) is 11.5. The van der Waals surface area contributed by atoms with Crippen LogP contribution in [0.3, 0.4) is 0 Å².